The van der Waals surface area contributed by atoms with E-state index in [0.717, 1.165) is 10.6 Å². The first-order chi connectivity index (χ1) is 15.5. The molecule has 0 unspecified atom stereocenters. The summed E-state index contributed by atoms with van der Waals surface area (Å²) in [7, 11) is 0. The zero-order chi connectivity index (χ0) is 22.5. The Morgan fingerprint density at radius 1 is 1.03 bits per heavy atom. The van der Waals surface area contributed by atoms with Gasteiger partial charge in [-0.15, -0.1) is 0 Å². The topological polar surface area (TPSA) is 64.9 Å². The smallest absolute Gasteiger partial charge is 0.169 e. The van der Waals surface area contributed by atoms with Crippen molar-refractivity contribution in [1.82, 2.24) is 0 Å². The highest BCUT2D eigenvalue weighted by Crippen LogP contribution is 2.32. The van der Waals surface area contributed by atoms with Crippen LogP contribution in [0.25, 0.3) is 0 Å². The average molecular weight is 455 g/mol. The molecule has 0 aromatic heterocycles. The number of rotatable bonds is 7. The normalized spacial score (nSPS) is 19.0. The number of quaternary nitrogens is 1. The third-order valence-electron chi connectivity index (χ3n) is 7.06. The van der Waals surface area contributed by atoms with Gasteiger partial charge in [-0.05, 0) is 42.5 Å². The van der Waals surface area contributed by atoms with Crippen molar-refractivity contribution in [2.75, 3.05) is 31.1 Å². The fraction of sp³-hybridized carbons (Fsp3) is 0.462. The summed E-state index contributed by atoms with van der Waals surface area (Å²) in [5, 5.41) is 12.6. The van der Waals surface area contributed by atoms with Crippen molar-refractivity contribution in [1.29, 1.82) is 0 Å². The van der Waals surface area contributed by atoms with Crippen molar-refractivity contribution in [3.8, 4) is 0 Å². The summed E-state index contributed by atoms with van der Waals surface area (Å²) in [4.78, 5) is 27.9. The van der Waals surface area contributed by atoms with Crippen LogP contribution in [0.3, 0.4) is 0 Å². The Balaban J connectivity index is 1.36. The summed E-state index contributed by atoms with van der Waals surface area (Å²) in [6.45, 7) is 2.70. The van der Waals surface area contributed by atoms with E-state index in [-0.39, 0.29) is 12.2 Å². The van der Waals surface area contributed by atoms with Crippen molar-refractivity contribution in [2.45, 2.75) is 50.5 Å². The summed E-state index contributed by atoms with van der Waals surface area (Å²) in [6, 6.07) is 14.7. The third kappa shape index (κ3) is 5.51. The molecule has 32 heavy (non-hydrogen) atoms. The number of ketones is 1. The molecule has 2 aromatic carbocycles. The second-order valence-electron chi connectivity index (χ2n) is 9.08. The van der Waals surface area contributed by atoms with Crippen molar-refractivity contribution >= 4 is 29.0 Å². The Labute approximate surface area is 195 Å². The number of Topliss-reactive ketones (excluding diaryl/α,β-unsaturated/α-hetero) is 1. The van der Waals surface area contributed by atoms with Gasteiger partial charge in [-0.25, -0.2) is 0 Å². The van der Waals surface area contributed by atoms with E-state index in [1.807, 2.05) is 48.5 Å². The lowest BCUT2D eigenvalue weighted by molar-refractivity contribution is -0.918. The maximum Gasteiger partial charge on any atom is 0.169 e. The molecule has 0 spiro atoms. The fourth-order valence-corrected chi connectivity index (χ4v) is 5.33. The highest BCUT2D eigenvalue weighted by atomic mass is 35.5. The van der Waals surface area contributed by atoms with Crippen LogP contribution in [0, 0.1) is 0 Å². The van der Waals surface area contributed by atoms with E-state index in [4.69, 9.17) is 11.6 Å². The number of carboxylic acid groups (broad SMARTS) is 1. The fourth-order valence-electron chi connectivity index (χ4n) is 5.15. The summed E-state index contributed by atoms with van der Waals surface area (Å²) < 4.78 is 0. The number of benzene rings is 2. The number of piperazine rings is 1. The first-order valence-electron chi connectivity index (χ1n) is 11.7. The van der Waals surface area contributed by atoms with Crippen LogP contribution in [0.4, 0.5) is 5.69 Å². The number of nitrogens with zero attached hydrogens (tertiary/aromatic N) is 1. The zero-order valence-electron chi connectivity index (χ0n) is 18.4. The molecule has 1 aliphatic heterocycles. The van der Waals surface area contributed by atoms with Crippen LogP contribution >= 0.6 is 11.6 Å². The molecule has 0 amide bonds. The maximum atomic E-state index is 12.9. The highest BCUT2D eigenvalue weighted by Gasteiger charge is 2.30. The Morgan fingerprint density at radius 3 is 2.34 bits per heavy atom. The number of anilines is 1. The maximum absolute atomic E-state index is 12.9. The Kier molecular flexibility index (Phi) is 7.48. The molecular formula is C26H31ClN2O3. The van der Waals surface area contributed by atoms with Crippen LogP contribution in [-0.2, 0) is 4.79 Å². The predicted molar refractivity (Wildman–Crippen MR) is 124 cm³/mol. The van der Waals surface area contributed by atoms with Crippen molar-refractivity contribution in [3.63, 3.8) is 0 Å². The zero-order valence-corrected chi connectivity index (χ0v) is 19.2. The summed E-state index contributed by atoms with van der Waals surface area (Å²) in [6.07, 6.45) is 6.25. The van der Waals surface area contributed by atoms with Crippen LogP contribution in [0.1, 0.15) is 60.4 Å². The minimum Gasteiger partial charge on any atom is -0.544 e. The molecular weight excluding hydrogens is 424 g/mol. The van der Waals surface area contributed by atoms with Crippen LogP contribution in [0.5, 0.6) is 0 Å². The second-order valence-corrected chi connectivity index (χ2v) is 9.52. The molecule has 2 aromatic rings. The second kappa shape index (κ2) is 10.5. The molecule has 6 heteroatoms. The molecule has 1 saturated heterocycles. The first kappa shape index (κ1) is 22.8. The molecule has 4 rings (SSSR count). The molecule has 2 aliphatic rings. The molecule has 0 bridgehead atoms. The largest absolute Gasteiger partial charge is 0.544 e. The number of hydrogen-bond acceptors (Lipinski definition) is 4. The first-order valence-corrected chi connectivity index (χ1v) is 12.1. The monoisotopic (exact) mass is 454 g/mol. The van der Waals surface area contributed by atoms with Crippen molar-refractivity contribution in [2.24, 2.45) is 0 Å². The molecule has 1 saturated carbocycles. The highest BCUT2D eigenvalue weighted by molar-refractivity contribution is 6.30. The van der Waals surface area contributed by atoms with E-state index in [1.54, 1.807) is 0 Å². The van der Waals surface area contributed by atoms with E-state index < -0.39 is 12.0 Å². The Bertz CT molecular complexity index is 932. The van der Waals surface area contributed by atoms with E-state index in [0.29, 0.717) is 42.7 Å². The van der Waals surface area contributed by atoms with Gasteiger partial charge in [0.2, 0.25) is 0 Å². The lowest BCUT2D eigenvalue weighted by Crippen LogP contribution is -3.19. The molecule has 2 fully saturated rings. The van der Waals surface area contributed by atoms with Crippen LogP contribution in [-0.4, -0.2) is 44.0 Å². The number of hydrogen-bond donors (Lipinski definition) is 1. The number of halogens is 1. The summed E-state index contributed by atoms with van der Waals surface area (Å²) in [5.41, 5.74) is 2.92. The number of aliphatic carboxylic acids is 1. The van der Waals surface area contributed by atoms with Gasteiger partial charge in [0, 0.05) is 16.3 Å². The van der Waals surface area contributed by atoms with E-state index in [9.17, 15) is 14.7 Å². The van der Waals surface area contributed by atoms with Gasteiger partial charge in [-0.2, -0.15) is 0 Å². The molecule has 0 radical (unpaired) electrons. The van der Waals surface area contributed by atoms with Gasteiger partial charge in [0.25, 0.3) is 0 Å². The molecule has 5 nitrogen and oxygen atoms in total. The predicted octanol–water partition coefficient (Wildman–Crippen LogP) is 2.48. The van der Waals surface area contributed by atoms with Gasteiger partial charge < -0.3 is 19.7 Å². The van der Waals surface area contributed by atoms with Crippen LogP contribution < -0.4 is 14.9 Å². The van der Waals surface area contributed by atoms with Crippen molar-refractivity contribution in [3.05, 3.63) is 64.7 Å². The standard InChI is InChI=1S/C26H31ClN2O3/c27-22-7-4-8-23(17-22)28-13-15-29(16-14-28)24(26(31)32)18-25(30)21-11-9-20(10-12-21)19-5-2-1-3-6-19/h4,7-12,17,19,24H,1-3,5-6,13-16,18H2,(H,31,32)/t24-/m0/s1. The van der Waals surface area contributed by atoms with Gasteiger partial charge >= 0.3 is 0 Å². The van der Waals surface area contributed by atoms with Crippen LogP contribution in [0.2, 0.25) is 5.02 Å². The molecule has 1 atom stereocenters. The van der Waals surface area contributed by atoms with Crippen molar-refractivity contribution < 1.29 is 19.6 Å². The van der Waals surface area contributed by atoms with E-state index in [2.05, 4.69) is 4.90 Å². The van der Waals surface area contributed by atoms with Gasteiger partial charge in [0.05, 0.1) is 38.6 Å². The molecule has 170 valence electrons. The van der Waals surface area contributed by atoms with Gasteiger partial charge in [-0.3, -0.25) is 4.79 Å². The molecule has 1 heterocycles. The van der Waals surface area contributed by atoms with Gasteiger partial charge in [-0.1, -0.05) is 61.2 Å². The lowest BCUT2D eigenvalue weighted by Gasteiger charge is -2.37. The van der Waals surface area contributed by atoms with Gasteiger partial charge in [0.1, 0.15) is 6.04 Å². The number of nitrogens with one attached hydrogen (secondary N) is 1. The van der Waals surface area contributed by atoms with E-state index in [1.165, 1.54) is 37.7 Å². The average Bonchev–Trinajstić information content (AvgIpc) is 2.83. The molecule has 1 aliphatic carbocycles. The Morgan fingerprint density at radius 2 is 1.72 bits per heavy atom. The summed E-state index contributed by atoms with van der Waals surface area (Å²) in [5.74, 6) is -0.688. The van der Waals surface area contributed by atoms with Gasteiger partial charge in [0.15, 0.2) is 5.78 Å². The quantitative estimate of drug-likeness (QED) is 0.653. The minimum atomic E-state index is -1.15. The number of carbonyl (C=O) groups is 2. The van der Waals surface area contributed by atoms with Crippen LogP contribution in [0.15, 0.2) is 48.5 Å². The lowest BCUT2D eigenvalue weighted by atomic mass is 9.84. The van der Waals surface area contributed by atoms with E-state index >= 15 is 0 Å². The minimum absolute atomic E-state index is 0.0302. The SMILES string of the molecule is O=C(C[C@@H](C(=O)[O-])[NH+]1CCN(c2cccc(Cl)c2)CC1)c1ccc(C2CCCCC2)cc1. The third-order valence-corrected chi connectivity index (χ3v) is 7.29. The molecule has 1 N–H and O–H groups in total. The Hall–Kier alpha value is -2.37. The summed E-state index contributed by atoms with van der Waals surface area (Å²) >= 11 is 6.10. The number of carboxylic acids is 1. The number of carbonyl (C=O) groups excluding carboxylic acids is 2.